The van der Waals surface area contributed by atoms with Gasteiger partial charge >= 0.3 is 17.8 Å². The number of hydrogen-bond acceptors (Lipinski definition) is 10. The summed E-state index contributed by atoms with van der Waals surface area (Å²) in [6.45, 7) is 5.03. The van der Waals surface area contributed by atoms with Crippen molar-refractivity contribution in [2.75, 3.05) is 11.9 Å². The summed E-state index contributed by atoms with van der Waals surface area (Å²) in [6.07, 6.45) is -5.42. The molecule has 3 aromatic rings. The smallest absolute Gasteiger partial charge is 0.413 e. The van der Waals surface area contributed by atoms with Gasteiger partial charge in [-0.3, -0.25) is 15.1 Å². The van der Waals surface area contributed by atoms with Gasteiger partial charge in [0.1, 0.15) is 11.9 Å². The Kier molecular flexibility index (Phi) is 9.32. The van der Waals surface area contributed by atoms with Gasteiger partial charge in [-0.1, -0.05) is 49.0 Å². The topological polar surface area (TPSA) is 217 Å². The highest BCUT2D eigenvalue weighted by Gasteiger charge is 2.36. The van der Waals surface area contributed by atoms with Crippen molar-refractivity contribution in [3.8, 4) is 0 Å². The maximum absolute atomic E-state index is 12.8. The van der Waals surface area contributed by atoms with E-state index in [4.69, 9.17) is 15.3 Å². The Morgan fingerprint density at radius 2 is 1.93 bits per heavy atom. The number of aliphatic carboxylic acids is 1. The number of carbonyl (C=O) groups is 3. The number of aliphatic hydroxyl groups excluding tert-OH is 1. The van der Waals surface area contributed by atoms with Crippen LogP contribution in [0.5, 0.6) is 0 Å². The molecule has 1 fully saturated rings. The van der Waals surface area contributed by atoms with Gasteiger partial charge in [0.2, 0.25) is 12.0 Å². The van der Waals surface area contributed by atoms with Crippen LogP contribution in [0.1, 0.15) is 30.7 Å². The zero-order valence-corrected chi connectivity index (χ0v) is 22.6. The molecule has 0 radical (unpaired) electrons. The van der Waals surface area contributed by atoms with E-state index >= 15 is 0 Å². The summed E-state index contributed by atoms with van der Waals surface area (Å²) in [4.78, 5) is 55.4. The van der Waals surface area contributed by atoms with E-state index in [1.54, 1.807) is 0 Å². The van der Waals surface area contributed by atoms with Gasteiger partial charge in [-0.05, 0) is 35.3 Å². The number of aryl methyl sites for hydroxylation is 1. The van der Waals surface area contributed by atoms with Crippen molar-refractivity contribution in [1.29, 1.82) is 0 Å². The maximum atomic E-state index is 12.8. The number of fused-ring (bicyclic) bond motifs is 1. The van der Waals surface area contributed by atoms with Gasteiger partial charge < -0.3 is 29.8 Å². The molecule has 1 aliphatic heterocycles. The van der Waals surface area contributed by atoms with E-state index in [0.717, 1.165) is 16.3 Å². The molecular weight excluding hydrogens is 550 g/mol. The lowest BCUT2D eigenvalue weighted by atomic mass is 9.97. The number of benzene rings is 2. The standard InChI is InChI=1S/C28H31N5O9/c1-14-19(25(35)36)13-41-23(14)20-12-21(31-27(39)30-20)32-28(40)42-24(26(37)38)15(2)33(29)22(34)10-8-16-7-9-17-5-3-4-6-18(17)11-16/h3-7,9,11-12,15,19,23-25,35-36H,1,8,10,13,29H2,2H3,(H,37,38)(H2,30,31,32,39,40)/t15-,19+,23+,24-/m0/s1. The minimum Gasteiger partial charge on any atom is -0.478 e. The highest BCUT2D eigenvalue weighted by atomic mass is 16.6. The molecule has 2 heterocycles. The van der Waals surface area contributed by atoms with E-state index < -0.39 is 54.1 Å². The van der Waals surface area contributed by atoms with E-state index in [2.05, 4.69) is 21.9 Å². The minimum atomic E-state index is -1.86. The second-order valence-corrected chi connectivity index (χ2v) is 9.85. The van der Waals surface area contributed by atoms with E-state index in [-0.39, 0.29) is 30.1 Å². The number of aromatic amines is 1. The van der Waals surface area contributed by atoms with Gasteiger partial charge in [0.15, 0.2) is 6.29 Å². The molecule has 0 aliphatic carbocycles. The number of nitrogens with one attached hydrogen (secondary N) is 2. The Morgan fingerprint density at radius 1 is 1.21 bits per heavy atom. The summed E-state index contributed by atoms with van der Waals surface area (Å²) in [7, 11) is 0. The van der Waals surface area contributed by atoms with Crippen molar-refractivity contribution in [2.24, 2.45) is 11.8 Å². The number of aliphatic hydroxyl groups is 2. The quantitative estimate of drug-likeness (QED) is 0.0657. The van der Waals surface area contributed by atoms with Crippen LogP contribution in [0.15, 0.2) is 65.5 Å². The lowest BCUT2D eigenvalue weighted by Crippen LogP contribution is -2.53. The molecule has 1 saturated heterocycles. The summed E-state index contributed by atoms with van der Waals surface area (Å²) < 4.78 is 10.5. The number of nitrogens with two attached hydrogens (primary N) is 1. The molecule has 1 aliphatic rings. The lowest BCUT2D eigenvalue weighted by Gasteiger charge is -2.28. The normalized spacial score (nSPS) is 18.1. The van der Waals surface area contributed by atoms with E-state index in [1.807, 2.05) is 42.5 Å². The molecule has 42 heavy (non-hydrogen) atoms. The first-order valence-electron chi connectivity index (χ1n) is 13.0. The first-order chi connectivity index (χ1) is 19.9. The number of anilines is 1. The second-order valence-electron chi connectivity index (χ2n) is 9.85. The number of rotatable bonds is 10. The van der Waals surface area contributed by atoms with Crippen LogP contribution >= 0.6 is 0 Å². The molecule has 0 saturated carbocycles. The molecule has 2 amide bonds. The van der Waals surface area contributed by atoms with Crippen molar-refractivity contribution < 1.29 is 39.2 Å². The largest absolute Gasteiger partial charge is 0.478 e. The number of carbonyl (C=O) groups excluding carboxylic acids is 2. The number of aromatic nitrogens is 2. The van der Waals surface area contributed by atoms with Crippen LogP contribution in [0, 0.1) is 5.92 Å². The first-order valence-corrected chi connectivity index (χ1v) is 13.0. The summed E-state index contributed by atoms with van der Waals surface area (Å²) in [5, 5.41) is 33.6. The van der Waals surface area contributed by atoms with Crippen LogP contribution in [0.3, 0.4) is 0 Å². The third-order valence-corrected chi connectivity index (χ3v) is 6.98. The fraction of sp³-hybridized carbons (Fsp3) is 0.321. The molecule has 4 atom stereocenters. The van der Waals surface area contributed by atoms with Crippen LogP contribution < -0.4 is 16.8 Å². The number of ether oxygens (including phenoxy) is 2. The summed E-state index contributed by atoms with van der Waals surface area (Å²) >= 11 is 0. The van der Waals surface area contributed by atoms with Crippen LogP contribution in [0.2, 0.25) is 0 Å². The van der Waals surface area contributed by atoms with Crippen molar-refractivity contribution in [2.45, 2.75) is 44.3 Å². The third kappa shape index (κ3) is 6.98. The van der Waals surface area contributed by atoms with E-state index in [0.29, 0.717) is 11.4 Å². The lowest BCUT2D eigenvalue weighted by molar-refractivity contribution is -0.152. The van der Waals surface area contributed by atoms with Gasteiger partial charge in [-0.15, -0.1) is 0 Å². The zero-order valence-electron chi connectivity index (χ0n) is 22.6. The third-order valence-electron chi connectivity index (χ3n) is 6.98. The minimum absolute atomic E-state index is 0.0140. The van der Waals surface area contributed by atoms with Crippen molar-refractivity contribution in [3.05, 3.63) is 82.4 Å². The van der Waals surface area contributed by atoms with Gasteiger partial charge in [-0.25, -0.2) is 20.2 Å². The van der Waals surface area contributed by atoms with Gasteiger partial charge in [0.25, 0.3) is 0 Å². The number of hydrogen-bond donors (Lipinski definition) is 6. The Bertz CT molecular complexity index is 1560. The number of carboxylic acids is 1. The average Bonchev–Trinajstić information content (AvgIpc) is 3.34. The van der Waals surface area contributed by atoms with Gasteiger partial charge in [0.05, 0.1) is 24.3 Å². The highest BCUT2D eigenvalue weighted by Crippen LogP contribution is 2.37. The second kappa shape index (κ2) is 12.9. The highest BCUT2D eigenvalue weighted by molar-refractivity contribution is 5.87. The summed E-state index contributed by atoms with van der Waals surface area (Å²) in [5.41, 5.74) is 0.425. The SMILES string of the molecule is C=C1[C@H](c2cc(NC(=O)O[C@H](C(=O)O)[C@H](C)N(N)C(=O)CCc3ccc4ccccc4c3)nc(=O)[nH]2)OC[C@H]1C(O)O. The molecule has 222 valence electrons. The molecule has 0 spiro atoms. The molecule has 14 heteroatoms. The number of carboxylic acid groups (broad SMARTS) is 1. The predicted octanol–water partition coefficient (Wildman–Crippen LogP) is 1.20. The summed E-state index contributed by atoms with van der Waals surface area (Å²) in [6, 6.07) is 13.5. The Balaban J connectivity index is 1.38. The van der Waals surface area contributed by atoms with Gasteiger partial charge in [0, 0.05) is 12.5 Å². The van der Waals surface area contributed by atoms with Gasteiger partial charge in [-0.2, -0.15) is 4.98 Å². The van der Waals surface area contributed by atoms with Crippen molar-refractivity contribution in [1.82, 2.24) is 15.0 Å². The maximum Gasteiger partial charge on any atom is 0.413 e. The van der Waals surface area contributed by atoms with Crippen molar-refractivity contribution >= 4 is 34.6 Å². The molecule has 0 unspecified atom stereocenters. The van der Waals surface area contributed by atoms with E-state index in [1.165, 1.54) is 13.0 Å². The van der Waals surface area contributed by atoms with Crippen LogP contribution in [0.25, 0.3) is 10.8 Å². The fourth-order valence-corrected chi connectivity index (χ4v) is 4.61. The first kappa shape index (κ1) is 30.3. The Morgan fingerprint density at radius 3 is 2.60 bits per heavy atom. The Hall–Kier alpha value is -4.63. The fourth-order valence-electron chi connectivity index (χ4n) is 4.61. The zero-order chi connectivity index (χ0) is 30.6. The number of amides is 2. The molecule has 2 aromatic carbocycles. The number of nitrogens with zero attached hydrogens (tertiary/aromatic N) is 2. The van der Waals surface area contributed by atoms with Crippen LogP contribution in [-0.4, -0.2) is 73.3 Å². The molecule has 0 bridgehead atoms. The van der Waals surface area contributed by atoms with Crippen LogP contribution in [0.4, 0.5) is 10.6 Å². The molecule has 7 N–H and O–H groups in total. The average molecular weight is 582 g/mol. The summed E-state index contributed by atoms with van der Waals surface area (Å²) in [5.74, 6) is 2.73. The van der Waals surface area contributed by atoms with E-state index in [9.17, 15) is 34.5 Å². The molecular formula is C28H31N5O9. The molecule has 14 nitrogen and oxygen atoms in total. The van der Waals surface area contributed by atoms with Crippen molar-refractivity contribution in [3.63, 3.8) is 0 Å². The van der Waals surface area contributed by atoms with Crippen LogP contribution in [-0.2, 0) is 25.5 Å². The monoisotopic (exact) mass is 581 g/mol. The Labute approximate surface area is 239 Å². The predicted molar refractivity (Wildman–Crippen MR) is 149 cm³/mol. The number of H-pyrrole nitrogens is 1. The molecule has 4 rings (SSSR count). The molecule has 1 aromatic heterocycles. The number of hydrazine groups is 1.